The second kappa shape index (κ2) is 7.94. The summed E-state index contributed by atoms with van der Waals surface area (Å²) < 4.78 is 13.9. The van der Waals surface area contributed by atoms with Crippen molar-refractivity contribution in [2.24, 2.45) is 0 Å². The first-order chi connectivity index (χ1) is 10.3. The molecule has 0 aliphatic rings. The summed E-state index contributed by atoms with van der Waals surface area (Å²) in [7, 11) is 0. The molecule has 0 saturated heterocycles. The van der Waals surface area contributed by atoms with E-state index in [-0.39, 0.29) is 11.9 Å². The molecule has 2 aromatic carbocycles. The third-order valence-electron chi connectivity index (χ3n) is 3.83. The number of nitrogens with one attached hydrogen (secondary N) is 1. The lowest BCUT2D eigenvalue weighted by Gasteiger charge is -2.22. The minimum atomic E-state index is -0.116. The summed E-state index contributed by atoms with van der Waals surface area (Å²) in [6.07, 6.45) is 2.75. The quantitative estimate of drug-likeness (QED) is 0.779. The molecule has 0 aliphatic carbocycles. The Morgan fingerprint density at radius 3 is 2.29 bits per heavy atom. The summed E-state index contributed by atoms with van der Waals surface area (Å²) in [5, 5.41) is 3.57. The number of hydrogen-bond acceptors (Lipinski definition) is 1. The van der Waals surface area contributed by atoms with Gasteiger partial charge in [0.05, 0.1) is 0 Å². The zero-order valence-electron chi connectivity index (χ0n) is 12.9. The number of aryl methyl sites for hydroxylation is 1. The molecule has 2 rings (SSSR count). The predicted octanol–water partition coefficient (Wildman–Crippen LogP) is 4.67. The van der Waals surface area contributed by atoms with E-state index in [1.165, 1.54) is 17.2 Å². The molecule has 0 bridgehead atoms. The van der Waals surface area contributed by atoms with Crippen LogP contribution in [0.25, 0.3) is 0 Å². The molecule has 0 spiro atoms. The molecule has 0 aromatic heterocycles. The van der Waals surface area contributed by atoms with Crippen molar-refractivity contribution >= 4 is 0 Å². The largest absolute Gasteiger partial charge is 0.310 e. The summed E-state index contributed by atoms with van der Waals surface area (Å²) in [5.74, 6) is -0.116. The number of hydrogen-bond donors (Lipinski definition) is 1. The number of rotatable bonds is 7. The van der Waals surface area contributed by atoms with Crippen molar-refractivity contribution in [2.45, 2.75) is 39.2 Å². The minimum Gasteiger partial charge on any atom is -0.310 e. The van der Waals surface area contributed by atoms with Crippen LogP contribution >= 0.6 is 0 Å². The molecule has 0 amide bonds. The van der Waals surface area contributed by atoms with Crippen LogP contribution in [0.15, 0.2) is 48.5 Å². The Morgan fingerprint density at radius 1 is 0.952 bits per heavy atom. The highest BCUT2D eigenvalue weighted by Crippen LogP contribution is 2.24. The zero-order valence-corrected chi connectivity index (χ0v) is 12.9. The first-order valence-corrected chi connectivity index (χ1v) is 7.80. The first-order valence-electron chi connectivity index (χ1n) is 7.80. The van der Waals surface area contributed by atoms with Crippen molar-refractivity contribution in [2.75, 3.05) is 6.54 Å². The average molecular weight is 285 g/mol. The standard InChI is InChI=1S/C19H24FN/c1-3-13-21-19(14-16-10-6-8-12-18(16)20)17-11-7-5-9-15(17)4-2/h5-12,19,21H,3-4,13-14H2,1-2H3. The smallest absolute Gasteiger partial charge is 0.126 e. The Balaban J connectivity index is 2.28. The maximum absolute atomic E-state index is 13.9. The Kier molecular flexibility index (Phi) is 5.94. The highest BCUT2D eigenvalue weighted by Gasteiger charge is 2.16. The van der Waals surface area contributed by atoms with Crippen molar-refractivity contribution in [1.29, 1.82) is 0 Å². The second-order valence-corrected chi connectivity index (χ2v) is 5.35. The van der Waals surface area contributed by atoms with Gasteiger partial charge in [0, 0.05) is 6.04 Å². The van der Waals surface area contributed by atoms with Gasteiger partial charge in [-0.05, 0) is 48.6 Å². The lowest BCUT2D eigenvalue weighted by Crippen LogP contribution is -2.25. The zero-order chi connectivity index (χ0) is 15.1. The van der Waals surface area contributed by atoms with E-state index in [4.69, 9.17) is 0 Å². The van der Waals surface area contributed by atoms with Crippen molar-refractivity contribution in [3.63, 3.8) is 0 Å². The number of halogens is 1. The summed E-state index contributed by atoms with van der Waals surface area (Å²) in [4.78, 5) is 0. The van der Waals surface area contributed by atoms with Crippen LogP contribution in [0.3, 0.4) is 0 Å². The van der Waals surface area contributed by atoms with Crippen molar-refractivity contribution < 1.29 is 4.39 Å². The fourth-order valence-electron chi connectivity index (χ4n) is 2.69. The monoisotopic (exact) mass is 285 g/mol. The summed E-state index contributed by atoms with van der Waals surface area (Å²) in [5.41, 5.74) is 3.40. The molecule has 0 radical (unpaired) electrons. The van der Waals surface area contributed by atoms with Crippen LogP contribution in [0.4, 0.5) is 4.39 Å². The van der Waals surface area contributed by atoms with Crippen molar-refractivity contribution in [3.05, 3.63) is 71.0 Å². The topological polar surface area (TPSA) is 12.0 Å². The van der Waals surface area contributed by atoms with Gasteiger partial charge in [-0.25, -0.2) is 4.39 Å². The lowest BCUT2D eigenvalue weighted by molar-refractivity contribution is 0.510. The molecule has 1 nitrogen and oxygen atoms in total. The third kappa shape index (κ3) is 4.15. The van der Waals surface area contributed by atoms with Gasteiger partial charge >= 0.3 is 0 Å². The normalized spacial score (nSPS) is 12.3. The van der Waals surface area contributed by atoms with Crippen LogP contribution in [0, 0.1) is 5.82 Å². The van der Waals surface area contributed by atoms with Crippen molar-refractivity contribution in [1.82, 2.24) is 5.32 Å². The highest BCUT2D eigenvalue weighted by molar-refractivity contribution is 5.32. The van der Waals surface area contributed by atoms with Crippen LogP contribution in [-0.2, 0) is 12.8 Å². The van der Waals surface area contributed by atoms with E-state index in [0.717, 1.165) is 24.9 Å². The maximum Gasteiger partial charge on any atom is 0.126 e. The number of benzene rings is 2. The summed E-state index contributed by atoms with van der Waals surface area (Å²) in [6, 6.07) is 15.7. The molecule has 1 N–H and O–H groups in total. The predicted molar refractivity (Wildman–Crippen MR) is 87.0 cm³/mol. The van der Waals surface area contributed by atoms with Crippen LogP contribution in [-0.4, -0.2) is 6.54 Å². The minimum absolute atomic E-state index is 0.116. The molecule has 0 saturated carbocycles. The average Bonchev–Trinajstić information content (AvgIpc) is 2.53. The second-order valence-electron chi connectivity index (χ2n) is 5.35. The fourth-order valence-corrected chi connectivity index (χ4v) is 2.69. The first kappa shape index (κ1) is 15.7. The van der Waals surface area contributed by atoms with Crippen LogP contribution < -0.4 is 5.32 Å². The molecule has 0 aliphatic heterocycles. The molecule has 1 unspecified atom stereocenters. The Hall–Kier alpha value is -1.67. The summed E-state index contributed by atoms with van der Waals surface area (Å²) >= 11 is 0. The van der Waals surface area contributed by atoms with Crippen LogP contribution in [0.5, 0.6) is 0 Å². The highest BCUT2D eigenvalue weighted by atomic mass is 19.1. The molecule has 2 heteroatoms. The van der Waals surface area contributed by atoms with E-state index in [9.17, 15) is 4.39 Å². The molecule has 21 heavy (non-hydrogen) atoms. The molecule has 112 valence electrons. The van der Waals surface area contributed by atoms with E-state index in [1.807, 2.05) is 12.1 Å². The summed E-state index contributed by atoms with van der Waals surface area (Å²) in [6.45, 7) is 5.26. The Bertz CT molecular complexity index is 565. The van der Waals surface area contributed by atoms with Gasteiger partial charge in [0.25, 0.3) is 0 Å². The van der Waals surface area contributed by atoms with Gasteiger partial charge < -0.3 is 5.32 Å². The van der Waals surface area contributed by atoms with E-state index in [2.05, 4.69) is 43.4 Å². The van der Waals surface area contributed by atoms with Gasteiger partial charge in [-0.2, -0.15) is 0 Å². The van der Waals surface area contributed by atoms with Crippen LogP contribution in [0.1, 0.15) is 43.0 Å². The Morgan fingerprint density at radius 2 is 1.62 bits per heavy atom. The molecule has 1 atom stereocenters. The maximum atomic E-state index is 13.9. The van der Waals surface area contributed by atoms with Gasteiger partial charge in [0.2, 0.25) is 0 Å². The SMILES string of the molecule is CCCNC(Cc1ccccc1F)c1ccccc1CC. The van der Waals surface area contributed by atoms with E-state index < -0.39 is 0 Å². The van der Waals surface area contributed by atoms with E-state index >= 15 is 0 Å². The van der Waals surface area contributed by atoms with Gasteiger partial charge in [0.1, 0.15) is 5.82 Å². The Labute approximate surface area is 127 Å². The lowest BCUT2D eigenvalue weighted by atomic mass is 9.93. The third-order valence-corrected chi connectivity index (χ3v) is 3.83. The van der Waals surface area contributed by atoms with E-state index in [1.54, 1.807) is 6.07 Å². The molecule has 2 aromatic rings. The van der Waals surface area contributed by atoms with Gasteiger partial charge in [-0.15, -0.1) is 0 Å². The molecular weight excluding hydrogens is 261 g/mol. The molecule has 0 fully saturated rings. The van der Waals surface area contributed by atoms with Gasteiger partial charge in [0.15, 0.2) is 0 Å². The fraction of sp³-hybridized carbons (Fsp3) is 0.368. The van der Waals surface area contributed by atoms with Gasteiger partial charge in [-0.1, -0.05) is 56.3 Å². The van der Waals surface area contributed by atoms with Gasteiger partial charge in [-0.3, -0.25) is 0 Å². The molecule has 0 heterocycles. The molecular formula is C19H24FN. The van der Waals surface area contributed by atoms with Crippen LogP contribution in [0.2, 0.25) is 0 Å². The van der Waals surface area contributed by atoms with Crippen molar-refractivity contribution in [3.8, 4) is 0 Å². The van der Waals surface area contributed by atoms with E-state index in [0.29, 0.717) is 6.42 Å².